The van der Waals surface area contributed by atoms with Crippen LogP contribution in [0.4, 0.5) is 11.4 Å². The highest BCUT2D eigenvalue weighted by Gasteiger charge is 2.77. The van der Waals surface area contributed by atoms with Crippen LogP contribution in [0.25, 0.3) is 10.8 Å². The van der Waals surface area contributed by atoms with Crippen molar-refractivity contribution in [3.05, 3.63) is 98.1 Å². The minimum atomic E-state index is -1.18. The second-order valence-electron chi connectivity index (χ2n) is 12.3. The number of fused-ring (bicyclic) bond motifs is 2. The van der Waals surface area contributed by atoms with Crippen LogP contribution >= 0.6 is 15.9 Å². The first kappa shape index (κ1) is 32.2. The second-order valence-corrected chi connectivity index (χ2v) is 13.5. The lowest BCUT2D eigenvalue weighted by molar-refractivity contribution is -0.140. The highest BCUT2D eigenvalue weighted by molar-refractivity contribution is 9.09. The highest BCUT2D eigenvalue weighted by Crippen LogP contribution is 2.60. The number of benzene rings is 3. The summed E-state index contributed by atoms with van der Waals surface area (Å²) in [5.41, 5.74) is 0.229. The van der Waals surface area contributed by atoms with Crippen molar-refractivity contribution in [2.75, 3.05) is 36.0 Å². The van der Waals surface area contributed by atoms with Crippen LogP contribution in [-0.2, 0) is 19.1 Å². The molecule has 3 saturated heterocycles. The molecule has 1 spiro atoms. The molecule has 3 fully saturated rings. The Hall–Kier alpha value is -3.79. The summed E-state index contributed by atoms with van der Waals surface area (Å²) in [7, 11) is 0. The van der Waals surface area contributed by atoms with Gasteiger partial charge in [-0.15, -0.1) is 13.2 Å². The molecule has 6 atom stereocenters. The van der Waals surface area contributed by atoms with Gasteiger partial charge >= 0.3 is 0 Å². The number of unbranched alkanes of at least 4 members (excludes halogenated alkanes) is 2. The molecule has 3 amide bonds. The highest BCUT2D eigenvalue weighted by atomic mass is 79.9. The van der Waals surface area contributed by atoms with Crippen LogP contribution in [0, 0.1) is 11.8 Å². The Kier molecular flexibility index (Phi) is 9.45. The average molecular weight is 687 g/mol. The third kappa shape index (κ3) is 5.48. The first-order chi connectivity index (χ1) is 22.4. The molecule has 3 unspecified atom stereocenters. The molecule has 0 aromatic heterocycles. The first-order valence-electron chi connectivity index (χ1n) is 16.0. The predicted octanol–water partition coefficient (Wildman–Crippen LogP) is 5.49. The van der Waals surface area contributed by atoms with Gasteiger partial charge in [-0.05, 0) is 60.7 Å². The quantitative estimate of drug-likeness (QED) is 0.146. The number of aliphatic hydroxyl groups excluding tert-OH is 1. The molecule has 0 saturated carbocycles. The summed E-state index contributed by atoms with van der Waals surface area (Å²) in [5.74, 6) is -2.30. The topological polar surface area (TPSA) is 90.4 Å². The van der Waals surface area contributed by atoms with E-state index in [1.165, 1.54) is 0 Å². The number of hydrogen-bond donors (Lipinski definition) is 1. The van der Waals surface area contributed by atoms with E-state index < -0.39 is 29.6 Å². The zero-order valence-electron chi connectivity index (χ0n) is 25.8. The smallest absolute Gasteiger partial charge is 0.253 e. The van der Waals surface area contributed by atoms with Gasteiger partial charge in [-0.3, -0.25) is 14.4 Å². The minimum absolute atomic E-state index is 0.0587. The van der Waals surface area contributed by atoms with Crippen molar-refractivity contribution in [3.63, 3.8) is 0 Å². The van der Waals surface area contributed by atoms with Gasteiger partial charge in [-0.1, -0.05) is 76.6 Å². The predicted molar refractivity (Wildman–Crippen MR) is 184 cm³/mol. The molecule has 9 heteroatoms. The molecule has 8 nitrogen and oxygen atoms in total. The molecule has 46 heavy (non-hydrogen) atoms. The van der Waals surface area contributed by atoms with E-state index in [2.05, 4.69) is 29.1 Å². The summed E-state index contributed by atoms with van der Waals surface area (Å²) in [6, 6.07) is 22.3. The fourth-order valence-corrected chi connectivity index (χ4v) is 8.63. The fraction of sp³-hybridized carbons (Fsp3) is 0.378. The number of amides is 3. The number of carbonyl (C=O) groups excluding carboxylic acids is 3. The molecule has 6 rings (SSSR count). The molecule has 3 heterocycles. The van der Waals surface area contributed by atoms with Crippen LogP contribution in [0.5, 0.6) is 0 Å². The molecule has 240 valence electrons. The van der Waals surface area contributed by atoms with Gasteiger partial charge < -0.3 is 24.5 Å². The number of likely N-dealkylation sites (tertiary alicyclic amines) is 1. The van der Waals surface area contributed by atoms with Gasteiger partial charge in [0.2, 0.25) is 11.8 Å². The number of para-hydroxylation sites is 1. The number of alkyl halides is 1. The van der Waals surface area contributed by atoms with Gasteiger partial charge in [0.15, 0.2) is 0 Å². The van der Waals surface area contributed by atoms with Crippen molar-refractivity contribution in [3.8, 4) is 0 Å². The third-order valence-electron chi connectivity index (χ3n) is 9.63. The maximum absolute atomic E-state index is 14.9. The monoisotopic (exact) mass is 685 g/mol. The Morgan fingerprint density at radius 2 is 1.59 bits per heavy atom. The Morgan fingerprint density at radius 1 is 0.913 bits per heavy atom. The molecule has 0 radical (unpaired) electrons. The maximum atomic E-state index is 14.9. The average Bonchev–Trinajstić information content (AvgIpc) is 3.67. The largest absolute Gasteiger partial charge is 0.396 e. The first-order valence-corrected chi connectivity index (χ1v) is 16.9. The maximum Gasteiger partial charge on any atom is 0.253 e. The lowest BCUT2D eigenvalue weighted by atomic mass is 9.70. The Morgan fingerprint density at radius 3 is 2.28 bits per heavy atom. The molecular weight excluding hydrogens is 646 g/mol. The lowest BCUT2D eigenvalue weighted by Gasteiger charge is -2.37. The van der Waals surface area contributed by atoms with Gasteiger partial charge in [0.05, 0.1) is 17.9 Å². The lowest BCUT2D eigenvalue weighted by Crippen LogP contribution is -2.57. The van der Waals surface area contributed by atoms with Gasteiger partial charge in [-0.25, -0.2) is 0 Å². The van der Waals surface area contributed by atoms with Gasteiger partial charge in [-0.2, -0.15) is 0 Å². The second kappa shape index (κ2) is 13.5. The van der Waals surface area contributed by atoms with E-state index in [0.717, 1.165) is 10.8 Å². The summed E-state index contributed by atoms with van der Waals surface area (Å²) >= 11 is 3.79. The van der Waals surface area contributed by atoms with Crippen molar-refractivity contribution in [1.82, 2.24) is 4.90 Å². The van der Waals surface area contributed by atoms with Crippen LogP contribution in [0.1, 0.15) is 25.7 Å². The summed E-state index contributed by atoms with van der Waals surface area (Å²) in [4.78, 5) is 48.8. The summed E-state index contributed by atoms with van der Waals surface area (Å²) < 4.78 is 6.79. The van der Waals surface area contributed by atoms with Crippen LogP contribution in [0.15, 0.2) is 98.1 Å². The normalized spacial score (nSPS) is 26.3. The Bertz CT molecular complexity index is 1630. The number of halogens is 1. The molecule has 1 N–H and O–H groups in total. The standard InChI is InChI=1S/C37H40BrN3O5/c1-3-19-39(27-15-7-5-8-16-27)34(43)30-31-35(44)41(21-11-6-12-22-42)33(37(31)24-29(38)32(30)46-37)36(45)40(20-4-2)28-18-17-25-13-9-10-14-26(25)23-28/h3-5,7-10,13-18,23,29-33,42H,1-2,6,11-12,19-22,24H2/t29?,30-,31+,32-,33?,37?/m1/s1. The zero-order valence-corrected chi connectivity index (χ0v) is 27.4. The number of rotatable bonds is 13. The van der Waals surface area contributed by atoms with Crippen molar-refractivity contribution < 1.29 is 24.2 Å². The molecule has 3 aliphatic rings. The van der Waals surface area contributed by atoms with E-state index >= 15 is 0 Å². The fourth-order valence-electron chi connectivity index (χ4n) is 7.69. The van der Waals surface area contributed by atoms with E-state index in [1.807, 2.05) is 72.8 Å². The SMILES string of the molecule is C=CCN(C(=O)C1N(CCCCCO)C(=O)[C@@H]2[C@@H](C(=O)N(CC=C)c3ccccc3)[C@@H]3OC12CC3Br)c1ccc2ccccc2c1. The van der Waals surface area contributed by atoms with Gasteiger partial charge in [0.1, 0.15) is 11.6 Å². The van der Waals surface area contributed by atoms with Crippen molar-refractivity contribution >= 4 is 55.8 Å². The van der Waals surface area contributed by atoms with E-state index in [-0.39, 0.29) is 42.2 Å². The Balaban J connectivity index is 1.41. The van der Waals surface area contributed by atoms with Crippen LogP contribution in [0.3, 0.4) is 0 Å². The van der Waals surface area contributed by atoms with Crippen molar-refractivity contribution in [1.29, 1.82) is 0 Å². The number of aliphatic hydroxyl groups is 1. The van der Waals surface area contributed by atoms with Gasteiger partial charge in [0, 0.05) is 42.4 Å². The molecule has 3 aromatic carbocycles. The van der Waals surface area contributed by atoms with Gasteiger partial charge in [0.25, 0.3) is 5.91 Å². The molecular formula is C37H40BrN3O5. The van der Waals surface area contributed by atoms with Crippen molar-refractivity contribution in [2.24, 2.45) is 11.8 Å². The summed E-state index contributed by atoms with van der Waals surface area (Å²) in [5, 5.41) is 11.4. The zero-order chi connectivity index (χ0) is 32.4. The number of ether oxygens (including phenoxy) is 1. The number of carbonyl (C=O) groups is 3. The molecule has 2 bridgehead atoms. The summed E-state index contributed by atoms with van der Waals surface area (Å²) in [6.45, 7) is 8.70. The number of nitrogens with zero attached hydrogens (tertiary/aromatic N) is 3. The summed E-state index contributed by atoms with van der Waals surface area (Å²) in [6.07, 6.45) is 5.13. The molecule has 3 aliphatic heterocycles. The van der Waals surface area contributed by atoms with Crippen LogP contribution in [0.2, 0.25) is 0 Å². The molecule has 3 aromatic rings. The van der Waals surface area contributed by atoms with Crippen LogP contribution in [-0.4, -0.2) is 76.5 Å². The van der Waals surface area contributed by atoms with E-state index in [0.29, 0.717) is 43.6 Å². The number of anilines is 2. The van der Waals surface area contributed by atoms with E-state index in [4.69, 9.17) is 4.74 Å². The van der Waals surface area contributed by atoms with Crippen LogP contribution < -0.4 is 9.80 Å². The van der Waals surface area contributed by atoms with Crippen molar-refractivity contribution in [2.45, 2.75) is 48.3 Å². The minimum Gasteiger partial charge on any atom is -0.396 e. The van der Waals surface area contributed by atoms with E-state index in [1.54, 1.807) is 26.9 Å². The molecule has 0 aliphatic carbocycles. The number of hydrogen-bond acceptors (Lipinski definition) is 5. The van der Waals surface area contributed by atoms with E-state index in [9.17, 15) is 19.5 Å². The Labute approximate surface area is 278 Å². The third-order valence-corrected chi connectivity index (χ3v) is 10.5.